The van der Waals surface area contributed by atoms with Gasteiger partial charge in [-0.1, -0.05) is 24.1 Å². The van der Waals surface area contributed by atoms with Crippen LogP contribution in [0.1, 0.15) is 32.1 Å². The number of carbonyl (C=O) groups excluding carboxylic acids is 1. The minimum absolute atomic E-state index is 0.0883. The van der Waals surface area contributed by atoms with Gasteiger partial charge in [0.15, 0.2) is 0 Å². The molecule has 0 unspecified atom stereocenters. The van der Waals surface area contributed by atoms with Gasteiger partial charge in [0, 0.05) is 29.3 Å². The van der Waals surface area contributed by atoms with Crippen LogP contribution in [0.3, 0.4) is 0 Å². The van der Waals surface area contributed by atoms with Crippen LogP contribution < -0.4 is 5.32 Å². The molecule has 2 aliphatic heterocycles. The second-order valence-corrected chi connectivity index (χ2v) is 7.89. The van der Waals surface area contributed by atoms with Crippen molar-refractivity contribution in [3.63, 3.8) is 0 Å². The Morgan fingerprint density at radius 2 is 2.04 bits per heavy atom. The Morgan fingerprint density at radius 3 is 2.96 bits per heavy atom. The third-order valence-corrected chi connectivity index (χ3v) is 6.08. The Labute approximate surface area is 154 Å². The predicted octanol–water partition coefficient (Wildman–Crippen LogP) is 3.68. The standard InChI is InChI=1S/C20H26ClN3O/c21-17-7-6-15-8-11-24(19(15)12-17)14-20(25)22-13-16-4-3-10-23-9-2-1-5-18(16)23/h6-8,11-12,16,18H,1-5,9-10,13-14H2,(H,22,25)/t16-,18+/m0/s1. The molecule has 1 N–H and O–H groups in total. The van der Waals surface area contributed by atoms with E-state index in [1.807, 2.05) is 35.0 Å². The van der Waals surface area contributed by atoms with Gasteiger partial charge in [-0.05, 0) is 68.3 Å². The minimum atomic E-state index is 0.0883. The molecule has 2 fully saturated rings. The summed E-state index contributed by atoms with van der Waals surface area (Å²) in [5, 5.41) is 5.00. The number of halogens is 1. The molecule has 0 aliphatic carbocycles. The van der Waals surface area contributed by atoms with Crippen LogP contribution in [0.4, 0.5) is 0 Å². The van der Waals surface area contributed by atoms with Crippen molar-refractivity contribution in [1.82, 2.24) is 14.8 Å². The first-order valence-corrected chi connectivity index (χ1v) is 9.83. The fourth-order valence-corrected chi connectivity index (χ4v) is 4.73. The second-order valence-electron chi connectivity index (χ2n) is 7.45. The number of amides is 1. The lowest BCUT2D eigenvalue weighted by atomic mass is 9.83. The van der Waals surface area contributed by atoms with Gasteiger partial charge in [-0.25, -0.2) is 0 Å². The van der Waals surface area contributed by atoms with Crippen LogP contribution in [0.25, 0.3) is 10.9 Å². The molecule has 3 heterocycles. The van der Waals surface area contributed by atoms with Crippen molar-refractivity contribution in [3.05, 3.63) is 35.5 Å². The average Bonchev–Trinajstić information content (AvgIpc) is 3.02. The number of fused-ring (bicyclic) bond motifs is 2. The van der Waals surface area contributed by atoms with E-state index in [4.69, 9.17) is 11.6 Å². The van der Waals surface area contributed by atoms with Crippen LogP contribution in [0, 0.1) is 5.92 Å². The van der Waals surface area contributed by atoms with Crippen molar-refractivity contribution in [1.29, 1.82) is 0 Å². The zero-order chi connectivity index (χ0) is 17.2. The third kappa shape index (κ3) is 3.70. The van der Waals surface area contributed by atoms with E-state index in [0.717, 1.165) is 17.4 Å². The normalized spacial score (nSPS) is 24.2. The van der Waals surface area contributed by atoms with Gasteiger partial charge in [0.05, 0.1) is 0 Å². The fraction of sp³-hybridized carbons (Fsp3) is 0.550. The average molecular weight is 360 g/mol. The Bertz CT molecular complexity index is 754. The largest absolute Gasteiger partial charge is 0.354 e. The quantitative estimate of drug-likeness (QED) is 0.904. The van der Waals surface area contributed by atoms with Crippen molar-refractivity contribution in [2.45, 2.75) is 44.7 Å². The van der Waals surface area contributed by atoms with Crippen LogP contribution in [-0.2, 0) is 11.3 Å². The van der Waals surface area contributed by atoms with Crippen LogP contribution in [0.5, 0.6) is 0 Å². The number of nitrogens with zero attached hydrogens (tertiary/aromatic N) is 2. The van der Waals surface area contributed by atoms with Crippen LogP contribution in [-0.4, -0.2) is 41.1 Å². The number of aromatic nitrogens is 1. The topological polar surface area (TPSA) is 37.3 Å². The Hall–Kier alpha value is -1.52. The zero-order valence-corrected chi connectivity index (χ0v) is 15.3. The first-order valence-electron chi connectivity index (χ1n) is 9.46. The van der Waals surface area contributed by atoms with Gasteiger partial charge in [-0.3, -0.25) is 4.79 Å². The van der Waals surface area contributed by atoms with Crippen molar-refractivity contribution >= 4 is 28.4 Å². The molecular weight excluding hydrogens is 334 g/mol. The van der Waals surface area contributed by atoms with Gasteiger partial charge in [-0.15, -0.1) is 0 Å². The highest BCUT2D eigenvalue weighted by atomic mass is 35.5. The molecule has 4 nitrogen and oxygen atoms in total. The number of benzene rings is 1. The molecule has 2 aromatic rings. The molecule has 1 aromatic carbocycles. The molecule has 5 heteroatoms. The van der Waals surface area contributed by atoms with Gasteiger partial charge in [0.1, 0.15) is 6.54 Å². The molecule has 0 spiro atoms. The molecule has 1 amide bonds. The van der Waals surface area contributed by atoms with Gasteiger partial charge in [0.2, 0.25) is 5.91 Å². The lowest BCUT2D eigenvalue weighted by molar-refractivity contribution is -0.122. The van der Waals surface area contributed by atoms with E-state index < -0.39 is 0 Å². The molecule has 2 atom stereocenters. The summed E-state index contributed by atoms with van der Waals surface area (Å²) in [5.41, 5.74) is 1.01. The molecule has 2 saturated heterocycles. The highest BCUT2D eigenvalue weighted by Gasteiger charge is 2.32. The molecule has 4 rings (SSSR count). The number of piperidine rings is 2. The molecule has 134 valence electrons. The number of nitrogens with one attached hydrogen (secondary N) is 1. The van der Waals surface area contributed by atoms with Crippen molar-refractivity contribution in [3.8, 4) is 0 Å². The van der Waals surface area contributed by atoms with Crippen molar-refractivity contribution in [2.24, 2.45) is 5.92 Å². The first-order chi connectivity index (χ1) is 12.2. The summed E-state index contributed by atoms with van der Waals surface area (Å²) in [6, 6.07) is 8.50. The lowest BCUT2D eigenvalue weighted by Gasteiger charge is -2.44. The van der Waals surface area contributed by atoms with E-state index in [0.29, 0.717) is 23.5 Å². The summed E-state index contributed by atoms with van der Waals surface area (Å²) in [7, 11) is 0. The van der Waals surface area contributed by atoms with E-state index in [2.05, 4.69) is 10.2 Å². The highest BCUT2D eigenvalue weighted by molar-refractivity contribution is 6.31. The molecule has 1 aromatic heterocycles. The molecule has 25 heavy (non-hydrogen) atoms. The monoisotopic (exact) mass is 359 g/mol. The summed E-state index contributed by atoms with van der Waals surface area (Å²) >= 11 is 6.09. The molecule has 2 aliphatic rings. The third-order valence-electron chi connectivity index (χ3n) is 5.84. The maximum atomic E-state index is 12.5. The SMILES string of the molecule is O=C(Cn1ccc2ccc(Cl)cc21)NC[C@@H]1CCCN2CCCC[C@H]12. The Morgan fingerprint density at radius 1 is 1.16 bits per heavy atom. The minimum Gasteiger partial charge on any atom is -0.354 e. The fourth-order valence-electron chi connectivity index (χ4n) is 4.57. The van der Waals surface area contributed by atoms with Crippen LogP contribution in [0.15, 0.2) is 30.5 Å². The van der Waals surface area contributed by atoms with Gasteiger partial charge in [0.25, 0.3) is 0 Å². The lowest BCUT2D eigenvalue weighted by Crippen LogP contribution is -2.51. The summed E-state index contributed by atoms with van der Waals surface area (Å²) < 4.78 is 1.98. The summed E-state index contributed by atoms with van der Waals surface area (Å²) in [5.74, 6) is 0.694. The molecule has 0 bridgehead atoms. The van der Waals surface area contributed by atoms with Gasteiger partial charge < -0.3 is 14.8 Å². The highest BCUT2D eigenvalue weighted by Crippen LogP contribution is 2.30. The molecule has 0 radical (unpaired) electrons. The summed E-state index contributed by atoms with van der Waals surface area (Å²) in [6.45, 7) is 3.64. The van der Waals surface area contributed by atoms with E-state index in [1.54, 1.807) is 0 Å². The van der Waals surface area contributed by atoms with E-state index in [1.165, 1.54) is 45.2 Å². The van der Waals surface area contributed by atoms with Gasteiger partial charge in [-0.2, -0.15) is 0 Å². The predicted molar refractivity (Wildman–Crippen MR) is 102 cm³/mol. The summed E-state index contributed by atoms with van der Waals surface area (Å²) in [6.07, 6.45) is 8.42. The van der Waals surface area contributed by atoms with Crippen LogP contribution in [0.2, 0.25) is 5.02 Å². The first kappa shape index (κ1) is 16.9. The Balaban J connectivity index is 1.36. The van der Waals surface area contributed by atoms with Crippen molar-refractivity contribution in [2.75, 3.05) is 19.6 Å². The smallest absolute Gasteiger partial charge is 0.239 e. The maximum Gasteiger partial charge on any atom is 0.239 e. The van der Waals surface area contributed by atoms with Gasteiger partial charge >= 0.3 is 0 Å². The molecular formula is C20H26ClN3O. The zero-order valence-electron chi connectivity index (χ0n) is 14.6. The maximum absolute atomic E-state index is 12.5. The van der Waals surface area contributed by atoms with Crippen molar-refractivity contribution < 1.29 is 4.79 Å². The van der Waals surface area contributed by atoms with E-state index >= 15 is 0 Å². The second kappa shape index (κ2) is 7.38. The number of hydrogen-bond donors (Lipinski definition) is 1. The number of carbonyl (C=O) groups is 1. The van der Waals surface area contributed by atoms with E-state index in [-0.39, 0.29) is 5.91 Å². The Kier molecular flexibility index (Phi) is 5.00. The number of rotatable bonds is 4. The van der Waals surface area contributed by atoms with E-state index in [9.17, 15) is 4.79 Å². The summed E-state index contributed by atoms with van der Waals surface area (Å²) in [4.78, 5) is 15.1. The number of hydrogen-bond acceptors (Lipinski definition) is 2. The molecule has 0 saturated carbocycles. The van der Waals surface area contributed by atoms with Crippen LogP contribution >= 0.6 is 11.6 Å².